The third kappa shape index (κ3) is 5.28. The van der Waals surface area contributed by atoms with Crippen LogP contribution < -0.4 is 4.74 Å². The second-order valence-electron chi connectivity index (χ2n) is 15.5. The number of benzene rings is 9. The van der Waals surface area contributed by atoms with Crippen molar-refractivity contribution in [3.63, 3.8) is 0 Å². The van der Waals surface area contributed by atoms with Crippen LogP contribution in [-0.4, -0.2) is 22.1 Å². The largest absolute Gasteiger partial charge is 0.495 e. The number of pyridine rings is 3. The average Bonchev–Trinajstić information content (AvgIpc) is 3.33. The summed E-state index contributed by atoms with van der Waals surface area (Å²) in [7, 11) is 1.77. The Bertz CT molecular complexity index is 3690. The van der Waals surface area contributed by atoms with Crippen molar-refractivity contribution >= 4 is 75.8 Å². The van der Waals surface area contributed by atoms with Crippen LogP contribution >= 0.6 is 0 Å². The predicted octanol–water partition coefficient (Wildman–Crippen LogP) is 14.6. The maximum atomic E-state index is 6.24. The van der Waals surface area contributed by atoms with Crippen molar-refractivity contribution in [3.8, 4) is 50.4 Å². The Morgan fingerprint density at radius 3 is 1.82 bits per heavy atom. The van der Waals surface area contributed by atoms with E-state index in [2.05, 4.69) is 175 Å². The van der Waals surface area contributed by atoms with E-state index < -0.39 is 0 Å². The SMILES string of the molecule is COc1c(-c2ccccc2)ccc2c(-c3cccc(-c4ccc5c6ccc(-c7ccnc8c7ccc7cccnc78)cc6c6ccccc6c5c4)c3)nc3ccccc3c12. The molecule has 280 valence electrons. The molecule has 0 aliphatic heterocycles. The topological polar surface area (TPSA) is 47.9 Å². The Morgan fingerprint density at radius 1 is 0.367 bits per heavy atom. The van der Waals surface area contributed by atoms with Gasteiger partial charge in [0.1, 0.15) is 5.75 Å². The predicted molar refractivity (Wildman–Crippen MR) is 251 cm³/mol. The Balaban J connectivity index is 1.01. The lowest BCUT2D eigenvalue weighted by Gasteiger charge is -2.17. The van der Waals surface area contributed by atoms with Gasteiger partial charge in [-0.25, -0.2) is 4.98 Å². The van der Waals surface area contributed by atoms with Crippen molar-refractivity contribution in [2.75, 3.05) is 7.11 Å². The maximum Gasteiger partial charge on any atom is 0.135 e. The molecule has 0 atom stereocenters. The van der Waals surface area contributed by atoms with Crippen molar-refractivity contribution in [1.29, 1.82) is 0 Å². The Morgan fingerprint density at radius 2 is 1.00 bits per heavy atom. The van der Waals surface area contributed by atoms with E-state index >= 15 is 0 Å². The summed E-state index contributed by atoms with van der Waals surface area (Å²) in [6.45, 7) is 0. The van der Waals surface area contributed by atoms with Crippen LogP contribution in [0.5, 0.6) is 5.75 Å². The highest BCUT2D eigenvalue weighted by Crippen LogP contribution is 2.45. The fourth-order valence-electron chi connectivity index (χ4n) is 9.44. The number of hydrogen-bond acceptors (Lipinski definition) is 4. The monoisotopic (exact) mass is 765 g/mol. The van der Waals surface area contributed by atoms with Gasteiger partial charge in [0.05, 0.1) is 29.4 Å². The minimum Gasteiger partial charge on any atom is -0.495 e. The summed E-state index contributed by atoms with van der Waals surface area (Å²) in [5, 5.41) is 12.8. The molecule has 0 fully saturated rings. The zero-order chi connectivity index (χ0) is 39.7. The molecule has 0 aliphatic rings. The van der Waals surface area contributed by atoms with E-state index in [0.717, 1.165) is 93.9 Å². The summed E-state index contributed by atoms with van der Waals surface area (Å²) in [6.07, 6.45) is 3.75. The van der Waals surface area contributed by atoms with E-state index in [9.17, 15) is 0 Å². The van der Waals surface area contributed by atoms with Gasteiger partial charge in [-0.3, -0.25) is 9.97 Å². The zero-order valence-corrected chi connectivity index (χ0v) is 32.7. The molecule has 12 rings (SSSR count). The summed E-state index contributed by atoms with van der Waals surface area (Å²) >= 11 is 0. The summed E-state index contributed by atoms with van der Waals surface area (Å²) < 4.78 is 6.24. The maximum absolute atomic E-state index is 6.24. The van der Waals surface area contributed by atoms with Gasteiger partial charge >= 0.3 is 0 Å². The van der Waals surface area contributed by atoms with E-state index in [1.807, 2.05) is 24.5 Å². The summed E-state index contributed by atoms with van der Waals surface area (Å²) in [4.78, 5) is 14.8. The van der Waals surface area contributed by atoms with E-state index in [4.69, 9.17) is 14.7 Å². The molecule has 0 bridgehead atoms. The number of methoxy groups -OCH3 is 1. The highest BCUT2D eigenvalue weighted by Gasteiger charge is 2.19. The molecule has 4 heteroatoms. The van der Waals surface area contributed by atoms with Gasteiger partial charge in [0.15, 0.2) is 0 Å². The highest BCUT2D eigenvalue weighted by molar-refractivity contribution is 6.26. The van der Waals surface area contributed by atoms with Crippen LogP contribution in [0.1, 0.15) is 0 Å². The van der Waals surface area contributed by atoms with Gasteiger partial charge in [0.25, 0.3) is 0 Å². The lowest BCUT2D eigenvalue weighted by molar-refractivity contribution is 0.421. The van der Waals surface area contributed by atoms with Crippen LogP contribution in [-0.2, 0) is 0 Å². The number of fused-ring (bicyclic) bond motifs is 12. The van der Waals surface area contributed by atoms with Crippen molar-refractivity contribution in [2.45, 2.75) is 0 Å². The lowest BCUT2D eigenvalue weighted by atomic mass is 9.89. The Hall–Kier alpha value is -7.95. The molecule has 0 N–H and O–H groups in total. The van der Waals surface area contributed by atoms with Gasteiger partial charge in [0, 0.05) is 50.5 Å². The molecule has 0 radical (unpaired) electrons. The zero-order valence-electron chi connectivity index (χ0n) is 32.7. The smallest absolute Gasteiger partial charge is 0.135 e. The van der Waals surface area contributed by atoms with Crippen LogP contribution in [0.2, 0.25) is 0 Å². The lowest BCUT2D eigenvalue weighted by Crippen LogP contribution is -1.95. The third-order valence-electron chi connectivity index (χ3n) is 12.2. The molecule has 0 aliphatic carbocycles. The molecular weight excluding hydrogens is 731 g/mol. The van der Waals surface area contributed by atoms with Crippen molar-refractivity contribution in [3.05, 3.63) is 194 Å². The average molecular weight is 766 g/mol. The molecule has 9 aromatic carbocycles. The molecule has 0 spiro atoms. The van der Waals surface area contributed by atoms with Crippen molar-refractivity contribution < 1.29 is 4.74 Å². The fraction of sp³-hybridized carbons (Fsp3) is 0.0179. The Kier molecular flexibility index (Phi) is 7.72. The molecule has 0 saturated heterocycles. The van der Waals surface area contributed by atoms with Gasteiger partial charge in [-0.15, -0.1) is 0 Å². The van der Waals surface area contributed by atoms with Crippen LogP contribution in [0.3, 0.4) is 0 Å². The summed E-state index contributed by atoms with van der Waals surface area (Å²) in [5.41, 5.74) is 11.6. The summed E-state index contributed by atoms with van der Waals surface area (Å²) in [6, 6.07) is 65.1. The van der Waals surface area contributed by atoms with E-state index in [1.54, 1.807) is 7.11 Å². The number of para-hydroxylation sites is 1. The number of nitrogens with zero attached hydrogens (tertiary/aromatic N) is 3. The molecule has 3 heterocycles. The molecule has 4 nitrogen and oxygen atoms in total. The van der Waals surface area contributed by atoms with Crippen LogP contribution in [0, 0.1) is 0 Å². The minimum absolute atomic E-state index is 0.857. The third-order valence-corrected chi connectivity index (χ3v) is 12.2. The molecular formula is C56H35N3O. The first-order valence-corrected chi connectivity index (χ1v) is 20.3. The van der Waals surface area contributed by atoms with Crippen LogP contribution in [0.4, 0.5) is 0 Å². The van der Waals surface area contributed by atoms with Crippen molar-refractivity contribution in [2.24, 2.45) is 0 Å². The van der Waals surface area contributed by atoms with Crippen LogP contribution in [0.25, 0.3) is 120 Å². The molecule has 60 heavy (non-hydrogen) atoms. The first-order valence-electron chi connectivity index (χ1n) is 20.3. The van der Waals surface area contributed by atoms with Gasteiger partial charge in [-0.2, -0.15) is 0 Å². The molecule has 0 amide bonds. The normalized spacial score (nSPS) is 11.8. The fourth-order valence-corrected chi connectivity index (χ4v) is 9.44. The molecule has 3 aromatic heterocycles. The standard InChI is InChI=1S/C56H35N3O/c1-60-56-41(34-11-3-2-4-12-34)26-27-48-52(56)47-18-7-8-19-51(47)59-53(48)39-14-9-13-36(31-39)37-21-23-44-45-24-22-38(33-50(45)43-17-6-5-16-42(43)49(44)32-37)40-28-30-58-55-46(40)25-20-35-15-10-29-57-54(35)55/h2-33H,1H3. The minimum atomic E-state index is 0.857. The van der Waals surface area contributed by atoms with E-state index in [-0.39, 0.29) is 0 Å². The van der Waals surface area contributed by atoms with E-state index in [1.165, 1.54) is 32.3 Å². The number of rotatable bonds is 5. The number of hydrogen-bond donors (Lipinski definition) is 0. The first-order chi connectivity index (χ1) is 29.7. The number of ether oxygens (including phenoxy) is 1. The van der Waals surface area contributed by atoms with Gasteiger partial charge in [-0.05, 0) is 103 Å². The second kappa shape index (κ2) is 13.6. The van der Waals surface area contributed by atoms with Gasteiger partial charge in [-0.1, -0.05) is 140 Å². The number of aromatic nitrogens is 3. The molecule has 0 saturated carbocycles. The first kappa shape index (κ1) is 34.1. The van der Waals surface area contributed by atoms with Gasteiger partial charge in [0.2, 0.25) is 0 Å². The molecule has 12 aromatic rings. The molecule has 0 unspecified atom stereocenters. The highest BCUT2D eigenvalue weighted by atomic mass is 16.5. The van der Waals surface area contributed by atoms with Crippen LogP contribution in [0.15, 0.2) is 194 Å². The summed E-state index contributed by atoms with van der Waals surface area (Å²) in [5.74, 6) is 0.857. The van der Waals surface area contributed by atoms with E-state index in [0.29, 0.717) is 0 Å². The quantitative estimate of drug-likeness (QED) is 0.164. The van der Waals surface area contributed by atoms with Crippen molar-refractivity contribution in [1.82, 2.24) is 15.0 Å². The van der Waals surface area contributed by atoms with Gasteiger partial charge < -0.3 is 4.74 Å². The Labute approximate surface area is 346 Å². The second-order valence-corrected chi connectivity index (χ2v) is 15.5.